The summed E-state index contributed by atoms with van der Waals surface area (Å²) in [5.74, 6) is -0.223. The molecule has 112 valence electrons. The number of amides is 1. The Morgan fingerprint density at radius 1 is 1.36 bits per heavy atom. The fourth-order valence-electron chi connectivity index (χ4n) is 2.09. The molecular weight excluding hydrogens is 346 g/mol. The zero-order valence-corrected chi connectivity index (χ0v) is 13.5. The molecule has 7 heteroatoms. The molecule has 0 aliphatic heterocycles. The molecule has 0 saturated heterocycles. The summed E-state index contributed by atoms with van der Waals surface area (Å²) in [4.78, 5) is 12.1. The highest BCUT2D eigenvalue weighted by molar-refractivity contribution is 9.10. The normalized spacial score (nSPS) is 10.6. The Balaban J connectivity index is 1.72. The smallest absolute Gasteiger partial charge is 0.276 e. The van der Waals surface area contributed by atoms with E-state index in [1.807, 2.05) is 35.1 Å². The third-order valence-electron chi connectivity index (χ3n) is 3.08. The summed E-state index contributed by atoms with van der Waals surface area (Å²) >= 11 is 3.37. The number of halogens is 1. The molecule has 1 aromatic carbocycles. The quantitative estimate of drug-likeness (QED) is 0.778. The van der Waals surface area contributed by atoms with E-state index < -0.39 is 0 Å². The van der Waals surface area contributed by atoms with Crippen molar-refractivity contribution in [3.8, 4) is 0 Å². The first-order valence-electron chi connectivity index (χ1n) is 6.68. The molecular formula is C15H14BrN5O. The van der Waals surface area contributed by atoms with Gasteiger partial charge in [-0.3, -0.25) is 14.2 Å². The van der Waals surface area contributed by atoms with Gasteiger partial charge in [0.2, 0.25) is 0 Å². The molecule has 0 aliphatic carbocycles. The minimum Gasteiger partial charge on any atom is -0.321 e. The van der Waals surface area contributed by atoms with E-state index in [1.165, 1.54) is 0 Å². The van der Waals surface area contributed by atoms with Crippen LogP contribution in [0.4, 0.5) is 5.69 Å². The summed E-state index contributed by atoms with van der Waals surface area (Å²) < 4.78 is 4.36. The number of nitrogens with zero attached hydrogens (tertiary/aromatic N) is 4. The van der Waals surface area contributed by atoms with Crippen LogP contribution in [0.5, 0.6) is 0 Å². The monoisotopic (exact) mass is 359 g/mol. The Morgan fingerprint density at radius 3 is 2.91 bits per heavy atom. The molecule has 6 nitrogen and oxygen atoms in total. The molecule has 0 radical (unpaired) electrons. The number of benzene rings is 1. The van der Waals surface area contributed by atoms with Crippen LogP contribution in [0.1, 0.15) is 16.1 Å². The highest BCUT2D eigenvalue weighted by Gasteiger charge is 2.09. The third-order valence-corrected chi connectivity index (χ3v) is 3.49. The van der Waals surface area contributed by atoms with Crippen LogP contribution in [0, 0.1) is 0 Å². The molecule has 0 unspecified atom stereocenters. The zero-order valence-electron chi connectivity index (χ0n) is 11.9. The molecule has 0 spiro atoms. The van der Waals surface area contributed by atoms with Gasteiger partial charge in [-0.25, -0.2) is 0 Å². The molecule has 3 aromatic rings. The highest BCUT2D eigenvalue weighted by atomic mass is 79.9. The average molecular weight is 360 g/mol. The summed E-state index contributed by atoms with van der Waals surface area (Å²) in [5.41, 5.74) is 2.18. The topological polar surface area (TPSA) is 64.7 Å². The van der Waals surface area contributed by atoms with Crippen molar-refractivity contribution in [2.45, 2.75) is 6.54 Å². The van der Waals surface area contributed by atoms with Crippen molar-refractivity contribution in [1.29, 1.82) is 0 Å². The molecule has 0 atom stereocenters. The molecule has 1 amide bonds. The number of hydrogen-bond acceptors (Lipinski definition) is 3. The van der Waals surface area contributed by atoms with Crippen LogP contribution < -0.4 is 5.32 Å². The number of rotatable bonds is 4. The molecule has 0 bridgehead atoms. The van der Waals surface area contributed by atoms with Gasteiger partial charge in [-0.05, 0) is 39.7 Å². The van der Waals surface area contributed by atoms with E-state index in [-0.39, 0.29) is 5.91 Å². The molecule has 2 heterocycles. The molecule has 22 heavy (non-hydrogen) atoms. The van der Waals surface area contributed by atoms with Crippen molar-refractivity contribution in [1.82, 2.24) is 19.6 Å². The van der Waals surface area contributed by atoms with E-state index in [9.17, 15) is 4.79 Å². The van der Waals surface area contributed by atoms with Crippen LogP contribution in [0.25, 0.3) is 0 Å². The lowest BCUT2D eigenvalue weighted by molar-refractivity contribution is 0.102. The third kappa shape index (κ3) is 3.43. The predicted octanol–water partition coefficient (Wildman–Crippen LogP) is 2.68. The van der Waals surface area contributed by atoms with Crippen LogP contribution in [0.2, 0.25) is 0 Å². The van der Waals surface area contributed by atoms with E-state index in [0.29, 0.717) is 12.2 Å². The summed E-state index contributed by atoms with van der Waals surface area (Å²) in [6.45, 7) is 0.638. The van der Waals surface area contributed by atoms with Crippen molar-refractivity contribution in [3.63, 3.8) is 0 Å². The van der Waals surface area contributed by atoms with Gasteiger partial charge in [0.25, 0.3) is 5.91 Å². The molecule has 0 fully saturated rings. The first-order valence-corrected chi connectivity index (χ1v) is 7.47. The number of carbonyl (C=O) groups excluding carboxylic acids is 1. The molecule has 2 aromatic heterocycles. The van der Waals surface area contributed by atoms with Gasteiger partial charge in [-0.15, -0.1) is 0 Å². The second-order valence-electron chi connectivity index (χ2n) is 4.89. The second kappa shape index (κ2) is 6.15. The number of aromatic nitrogens is 4. The van der Waals surface area contributed by atoms with Crippen molar-refractivity contribution in [3.05, 3.63) is 64.7 Å². The van der Waals surface area contributed by atoms with Crippen molar-refractivity contribution in [2.24, 2.45) is 7.05 Å². The maximum atomic E-state index is 12.1. The van der Waals surface area contributed by atoms with Crippen LogP contribution in [-0.2, 0) is 13.6 Å². The van der Waals surface area contributed by atoms with E-state index >= 15 is 0 Å². The van der Waals surface area contributed by atoms with Crippen molar-refractivity contribution >= 4 is 27.5 Å². The Kier molecular flexibility index (Phi) is 4.06. The maximum absolute atomic E-state index is 12.1. The van der Waals surface area contributed by atoms with Gasteiger partial charge >= 0.3 is 0 Å². The average Bonchev–Trinajstić information content (AvgIpc) is 3.08. The summed E-state index contributed by atoms with van der Waals surface area (Å²) in [6, 6.07) is 9.36. The number of nitrogens with one attached hydrogen (secondary N) is 1. The van der Waals surface area contributed by atoms with Crippen LogP contribution in [-0.4, -0.2) is 25.5 Å². The molecule has 0 aliphatic rings. The summed E-state index contributed by atoms with van der Waals surface area (Å²) in [6.07, 6.45) is 5.38. The highest BCUT2D eigenvalue weighted by Crippen LogP contribution is 2.14. The van der Waals surface area contributed by atoms with Gasteiger partial charge in [0.15, 0.2) is 5.69 Å². The van der Waals surface area contributed by atoms with Gasteiger partial charge < -0.3 is 5.32 Å². The first-order chi connectivity index (χ1) is 10.6. The number of aryl methyl sites for hydroxylation is 1. The van der Waals surface area contributed by atoms with Crippen LogP contribution >= 0.6 is 15.9 Å². The Hall–Kier alpha value is -2.41. The number of carbonyl (C=O) groups is 1. The SMILES string of the molecule is Cn1ccc(C(=O)Nc2cccc(Cn3cc(Br)cn3)c2)n1. The fourth-order valence-corrected chi connectivity index (χ4v) is 2.42. The van der Waals surface area contributed by atoms with Crippen molar-refractivity contribution in [2.75, 3.05) is 5.32 Å². The van der Waals surface area contributed by atoms with Gasteiger partial charge in [-0.2, -0.15) is 10.2 Å². The van der Waals surface area contributed by atoms with E-state index in [0.717, 1.165) is 15.7 Å². The molecule has 0 saturated carbocycles. The fraction of sp³-hybridized carbons (Fsp3) is 0.133. The van der Waals surface area contributed by atoms with E-state index in [1.54, 1.807) is 30.2 Å². The van der Waals surface area contributed by atoms with E-state index in [4.69, 9.17) is 0 Å². The second-order valence-corrected chi connectivity index (χ2v) is 5.80. The van der Waals surface area contributed by atoms with Gasteiger partial charge in [0, 0.05) is 25.1 Å². The Morgan fingerprint density at radius 2 is 2.23 bits per heavy atom. The summed E-state index contributed by atoms with van der Waals surface area (Å²) in [5, 5.41) is 11.2. The first kappa shape index (κ1) is 14.5. The predicted molar refractivity (Wildman–Crippen MR) is 86.6 cm³/mol. The van der Waals surface area contributed by atoms with Crippen molar-refractivity contribution < 1.29 is 4.79 Å². The van der Waals surface area contributed by atoms with Gasteiger partial charge in [0.1, 0.15) is 0 Å². The summed E-state index contributed by atoms with van der Waals surface area (Å²) in [7, 11) is 1.78. The lowest BCUT2D eigenvalue weighted by atomic mass is 10.2. The lowest BCUT2D eigenvalue weighted by Gasteiger charge is -2.06. The van der Waals surface area contributed by atoms with Crippen LogP contribution in [0.15, 0.2) is 53.4 Å². The minimum atomic E-state index is -0.223. The maximum Gasteiger partial charge on any atom is 0.276 e. The Bertz CT molecular complexity index is 808. The largest absolute Gasteiger partial charge is 0.321 e. The minimum absolute atomic E-state index is 0.223. The molecule has 1 N–H and O–H groups in total. The number of anilines is 1. The van der Waals surface area contributed by atoms with Gasteiger partial charge in [0.05, 0.1) is 17.2 Å². The zero-order chi connectivity index (χ0) is 15.5. The van der Waals surface area contributed by atoms with Crippen LogP contribution in [0.3, 0.4) is 0 Å². The van der Waals surface area contributed by atoms with E-state index in [2.05, 4.69) is 31.4 Å². The standard InChI is InChI=1S/C15H14BrN5O/c1-20-6-5-14(19-20)15(22)18-13-4-2-3-11(7-13)9-21-10-12(16)8-17-21/h2-8,10H,9H2,1H3,(H,18,22). The molecule has 3 rings (SSSR count). The Labute approximate surface area is 135 Å². The van der Waals surface area contributed by atoms with Gasteiger partial charge in [-0.1, -0.05) is 12.1 Å². The lowest BCUT2D eigenvalue weighted by Crippen LogP contribution is -2.13. The number of hydrogen-bond donors (Lipinski definition) is 1.